The quantitative estimate of drug-likeness (QED) is 0.693. The lowest BCUT2D eigenvalue weighted by molar-refractivity contribution is 0.0993. The minimum Gasteiger partial charge on any atom is -0.423 e. The van der Waals surface area contributed by atoms with E-state index in [0.717, 1.165) is 23.0 Å². The lowest BCUT2D eigenvalue weighted by Gasteiger charge is -2.19. The normalized spacial score (nSPS) is 13.9. The van der Waals surface area contributed by atoms with Crippen molar-refractivity contribution in [1.29, 1.82) is 0 Å². The number of hydrogen-bond acceptors (Lipinski definition) is 3. The van der Waals surface area contributed by atoms with E-state index in [2.05, 4.69) is 0 Å². The Balaban J connectivity index is 1.84. The molecule has 0 atom stereocenters. The molecule has 1 heterocycles. The maximum absolute atomic E-state index is 12.4. The van der Waals surface area contributed by atoms with Crippen molar-refractivity contribution in [3.8, 4) is 0 Å². The Bertz CT molecular complexity index is 733. The van der Waals surface area contributed by atoms with Crippen LogP contribution < -0.4 is 5.46 Å². The molecule has 1 aliphatic rings. The Morgan fingerprint density at radius 1 is 1.23 bits per heavy atom. The SMILES string of the molecule is O=C(Cc1ccc2c(c1)B(O)OCC2)c1ccc(Cl)cc1Cl. The number of benzene rings is 2. The molecule has 0 saturated carbocycles. The molecular weight excluding hydrogens is 322 g/mol. The zero-order valence-corrected chi connectivity index (χ0v) is 13.2. The van der Waals surface area contributed by atoms with E-state index in [-0.39, 0.29) is 12.2 Å². The molecule has 0 bridgehead atoms. The molecule has 0 aromatic heterocycles. The van der Waals surface area contributed by atoms with Gasteiger partial charge in [-0.15, -0.1) is 0 Å². The van der Waals surface area contributed by atoms with Gasteiger partial charge in [-0.3, -0.25) is 4.79 Å². The molecule has 0 aliphatic carbocycles. The zero-order chi connectivity index (χ0) is 15.7. The molecule has 0 saturated heterocycles. The van der Waals surface area contributed by atoms with Crippen molar-refractivity contribution >= 4 is 41.6 Å². The summed E-state index contributed by atoms with van der Waals surface area (Å²) in [6, 6.07) is 10.5. The van der Waals surface area contributed by atoms with Crippen LogP contribution in [0.2, 0.25) is 10.0 Å². The first kappa shape index (κ1) is 15.6. The van der Waals surface area contributed by atoms with E-state index in [4.69, 9.17) is 27.9 Å². The molecule has 1 aliphatic heterocycles. The van der Waals surface area contributed by atoms with E-state index >= 15 is 0 Å². The fourth-order valence-corrected chi connectivity index (χ4v) is 3.09. The highest BCUT2D eigenvalue weighted by atomic mass is 35.5. The number of Topliss-reactive ketones (excluding diaryl/α,β-unsaturated/α-hetero) is 1. The monoisotopic (exact) mass is 334 g/mol. The second kappa shape index (κ2) is 6.43. The summed E-state index contributed by atoms with van der Waals surface area (Å²) in [6.45, 7) is 0.507. The van der Waals surface area contributed by atoms with Crippen molar-refractivity contribution in [2.24, 2.45) is 0 Å². The molecule has 0 fully saturated rings. The third-order valence-corrected chi connectivity index (χ3v) is 4.27. The van der Waals surface area contributed by atoms with Crippen molar-refractivity contribution in [3.63, 3.8) is 0 Å². The van der Waals surface area contributed by atoms with Crippen molar-refractivity contribution in [2.75, 3.05) is 6.61 Å². The Hall–Kier alpha value is -1.33. The summed E-state index contributed by atoms with van der Waals surface area (Å²) < 4.78 is 5.22. The van der Waals surface area contributed by atoms with Gasteiger partial charge in [-0.25, -0.2) is 0 Å². The van der Waals surface area contributed by atoms with Gasteiger partial charge in [-0.05, 0) is 41.2 Å². The smallest absolute Gasteiger partial charge is 0.423 e. The first-order chi connectivity index (χ1) is 10.5. The van der Waals surface area contributed by atoms with Crippen LogP contribution in [-0.4, -0.2) is 24.5 Å². The number of carbonyl (C=O) groups is 1. The van der Waals surface area contributed by atoms with Crippen molar-refractivity contribution < 1.29 is 14.5 Å². The summed E-state index contributed by atoms with van der Waals surface area (Å²) in [6.07, 6.45) is 0.977. The van der Waals surface area contributed by atoms with Crippen LogP contribution in [0.3, 0.4) is 0 Å². The summed E-state index contributed by atoms with van der Waals surface area (Å²) in [5.74, 6) is -0.0900. The highest BCUT2D eigenvalue weighted by Crippen LogP contribution is 2.22. The molecule has 1 N–H and O–H groups in total. The average Bonchev–Trinajstić information content (AvgIpc) is 2.48. The number of ketones is 1. The largest absolute Gasteiger partial charge is 0.491 e. The number of rotatable bonds is 3. The van der Waals surface area contributed by atoms with Gasteiger partial charge in [0.1, 0.15) is 0 Å². The van der Waals surface area contributed by atoms with Crippen LogP contribution in [0.4, 0.5) is 0 Å². The lowest BCUT2D eigenvalue weighted by Crippen LogP contribution is -2.41. The number of hydrogen-bond donors (Lipinski definition) is 1. The number of carbonyl (C=O) groups excluding carboxylic acids is 1. The Morgan fingerprint density at radius 3 is 2.82 bits per heavy atom. The van der Waals surface area contributed by atoms with Crippen LogP contribution in [0.5, 0.6) is 0 Å². The van der Waals surface area contributed by atoms with Gasteiger partial charge >= 0.3 is 7.12 Å². The average molecular weight is 335 g/mol. The Morgan fingerprint density at radius 2 is 2.05 bits per heavy atom. The van der Waals surface area contributed by atoms with Gasteiger partial charge in [-0.1, -0.05) is 41.4 Å². The van der Waals surface area contributed by atoms with Gasteiger partial charge in [0.05, 0.1) is 5.02 Å². The first-order valence-corrected chi connectivity index (χ1v) is 7.70. The third-order valence-electron chi connectivity index (χ3n) is 3.72. The van der Waals surface area contributed by atoms with Gasteiger partial charge in [0.15, 0.2) is 5.78 Å². The first-order valence-electron chi connectivity index (χ1n) is 6.94. The molecule has 0 amide bonds. The van der Waals surface area contributed by atoms with Crippen LogP contribution in [-0.2, 0) is 17.5 Å². The van der Waals surface area contributed by atoms with Crippen LogP contribution in [0, 0.1) is 0 Å². The second-order valence-corrected chi connectivity index (χ2v) is 6.07. The molecule has 6 heteroatoms. The van der Waals surface area contributed by atoms with Gasteiger partial charge in [0.25, 0.3) is 0 Å². The number of halogens is 2. The van der Waals surface area contributed by atoms with Crippen molar-refractivity contribution in [3.05, 3.63) is 63.1 Å². The molecule has 0 spiro atoms. The van der Waals surface area contributed by atoms with Gasteiger partial charge in [0.2, 0.25) is 0 Å². The summed E-state index contributed by atoms with van der Waals surface area (Å²) in [5.41, 5.74) is 3.05. The Labute approximate surface area is 139 Å². The predicted molar refractivity (Wildman–Crippen MR) is 88.2 cm³/mol. The summed E-state index contributed by atoms with van der Waals surface area (Å²) in [7, 11) is -0.919. The molecule has 2 aromatic rings. The maximum atomic E-state index is 12.4. The molecule has 3 nitrogen and oxygen atoms in total. The van der Waals surface area contributed by atoms with Crippen molar-refractivity contribution in [1.82, 2.24) is 0 Å². The maximum Gasteiger partial charge on any atom is 0.491 e. The zero-order valence-electron chi connectivity index (χ0n) is 11.7. The molecule has 2 aromatic carbocycles. The Kier molecular flexibility index (Phi) is 4.55. The van der Waals surface area contributed by atoms with Crippen LogP contribution >= 0.6 is 23.2 Å². The predicted octanol–water partition coefficient (Wildman–Crippen LogP) is 2.68. The molecule has 0 unspecified atom stereocenters. The van der Waals surface area contributed by atoms with Gasteiger partial charge in [-0.2, -0.15) is 0 Å². The topological polar surface area (TPSA) is 46.5 Å². The van der Waals surface area contributed by atoms with E-state index in [1.165, 1.54) is 0 Å². The van der Waals surface area contributed by atoms with E-state index in [1.54, 1.807) is 18.2 Å². The van der Waals surface area contributed by atoms with Crippen LogP contribution in [0.25, 0.3) is 0 Å². The highest BCUT2D eigenvalue weighted by molar-refractivity contribution is 6.60. The molecular formula is C16H13BCl2O3. The fraction of sp³-hybridized carbons (Fsp3) is 0.188. The van der Waals surface area contributed by atoms with Crippen LogP contribution in [0.1, 0.15) is 21.5 Å². The minimum absolute atomic E-state index is 0.0900. The molecule has 112 valence electrons. The molecule has 0 radical (unpaired) electrons. The van der Waals surface area contributed by atoms with E-state index in [9.17, 15) is 9.82 Å². The lowest BCUT2D eigenvalue weighted by atomic mass is 9.73. The standard InChI is InChI=1S/C16H13BCl2O3/c18-12-3-4-13(15(19)9-12)16(20)8-10-1-2-11-5-6-22-17(21)14(11)7-10/h1-4,7,9,21H,5-6,8H2. The van der Waals surface area contributed by atoms with E-state index < -0.39 is 7.12 Å². The van der Waals surface area contributed by atoms with E-state index in [1.807, 2.05) is 18.2 Å². The molecule has 3 rings (SSSR count). The second-order valence-electron chi connectivity index (χ2n) is 5.23. The van der Waals surface area contributed by atoms with E-state index in [0.29, 0.717) is 22.2 Å². The van der Waals surface area contributed by atoms with Crippen molar-refractivity contribution in [2.45, 2.75) is 12.8 Å². The fourth-order valence-electron chi connectivity index (χ4n) is 2.58. The third kappa shape index (κ3) is 3.20. The van der Waals surface area contributed by atoms with Gasteiger partial charge < -0.3 is 9.68 Å². The van der Waals surface area contributed by atoms with Crippen LogP contribution in [0.15, 0.2) is 36.4 Å². The highest BCUT2D eigenvalue weighted by Gasteiger charge is 2.25. The summed E-state index contributed by atoms with van der Waals surface area (Å²) in [4.78, 5) is 12.4. The summed E-state index contributed by atoms with van der Waals surface area (Å²) in [5, 5.41) is 10.7. The number of fused-ring (bicyclic) bond motifs is 1. The molecule has 22 heavy (non-hydrogen) atoms. The van der Waals surface area contributed by atoms with Gasteiger partial charge in [0, 0.05) is 23.6 Å². The minimum atomic E-state index is -0.919. The summed E-state index contributed by atoms with van der Waals surface area (Å²) >= 11 is 11.9.